The van der Waals surface area contributed by atoms with Gasteiger partial charge >= 0.3 is 0 Å². The lowest BCUT2D eigenvalue weighted by atomic mass is 9.90. The standard InChI is InChI=1S/C12H22BrNO2/c1-11(2,6-7-13)9-14-10(15)12(3)5-4-8-16-12/h4-9H2,1-3H3,(H,14,15). The van der Waals surface area contributed by atoms with Crippen molar-refractivity contribution in [2.24, 2.45) is 5.41 Å². The minimum Gasteiger partial charge on any atom is -0.365 e. The number of ether oxygens (including phenoxy) is 1. The van der Waals surface area contributed by atoms with Crippen LogP contribution in [-0.4, -0.2) is 30.0 Å². The van der Waals surface area contributed by atoms with Crippen molar-refractivity contribution in [3.05, 3.63) is 0 Å². The van der Waals surface area contributed by atoms with Crippen LogP contribution in [0.3, 0.4) is 0 Å². The number of amides is 1. The number of rotatable bonds is 5. The van der Waals surface area contributed by atoms with Crippen LogP contribution >= 0.6 is 15.9 Å². The third-order valence-electron chi connectivity index (χ3n) is 3.20. The van der Waals surface area contributed by atoms with Crippen molar-refractivity contribution >= 4 is 21.8 Å². The number of hydrogen-bond donors (Lipinski definition) is 1. The Bertz CT molecular complexity index is 247. The number of carbonyl (C=O) groups excluding carboxylic acids is 1. The third-order valence-corrected chi connectivity index (χ3v) is 3.59. The molecule has 1 N–H and O–H groups in total. The van der Waals surface area contributed by atoms with Crippen LogP contribution in [-0.2, 0) is 9.53 Å². The molecule has 0 aliphatic carbocycles. The van der Waals surface area contributed by atoms with Crippen LogP contribution < -0.4 is 5.32 Å². The summed E-state index contributed by atoms with van der Waals surface area (Å²) in [5, 5.41) is 3.97. The number of nitrogens with one attached hydrogen (secondary N) is 1. The van der Waals surface area contributed by atoms with Gasteiger partial charge in [0.1, 0.15) is 5.60 Å². The highest BCUT2D eigenvalue weighted by atomic mass is 79.9. The summed E-state index contributed by atoms with van der Waals surface area (Å²) in [6.45, 7) is 7.61. The Morgan fingerprint density at radius 3 is 2.75 bits per heavy atom. The number of hydrogen-bond acceptors (Lipinski definition) is 2. The molecule has 0 spiro atoms. The second-order valence-corrected chi connectivity index (χ2v) is 6.26. The zero-order valence-corrected chi connectivity index (χ0v) is 12.0. The highest BCUT2D eigenvalue weighted by molar-refractivity contribution is 9.09. The second kappa shape index (κ2) is 5.50. The predicted molar refractivity (Wildman–Crippen MR) is 68.8 cm³/mol. The summed E-state index contributed by atoms with van der Waals surface area (Å²) in [5.41, 5.74) is -0.460. The van der Waals surface area contributed by atoms with Gasteiger partial charge in [0, 0.05) is 18.5 Å². The van der Waals surface area contributed by atoms with Crippen LogP contribution in [0.15, 0.2) is 0 Å². The lowest BCUT2D eigenvalue weighted by Crippen LogP contribution is -2.46. The maximum atomic E-state index is 12.0. The molecular formula is C12H22BrNO2. The summed E-state index contributed by atoms with van der Waals surface area (Å²) in [7, 11) is 0. The van der Waals surface area contributed by atoms with E-state index >= 15 is 0 Å². The normalized spacial score (nSPS) is 25.8. The van der Waals surface area contributed by atoms with E-state index in [1.165, 1.54) is 0 Å². The quantitative estimate of drug-likeness (QED) is 0.791. The predicted octanol–water partition coefficient (Wildman–Crippen LogP) is 2.48. The number of carbonyl (C=O) groups is 1. The third kappa shape index (κ3) is 3.74. The Morgan fingerprint density at radius 2 is 2.25 bits per heavy atom. The van der Waals surface area contributed by atoms with Crippen LogP contribution in [0.25, 0.3) is 0 Å². The summed E-state index contributed by atoms with van der Waals surface area (Å²) in [4.78, 5) is 12.0. The van der Waals surface area contributed by atoms with Gasteiger partial charge in [-0.1, -0.05) is 29.8 Å². The van der Waals surface area contributed by atoms with E-state index in [4.69, 9.17) is 4.74 Å². The first-order chi connectivity index (χ1) is 7.40. The highest BCUT2D eigenvalue weighted by Crippen LogP contribution is 2.26. The Labute approximate surface area is 106 Å². The molecule has 1 unspecified atom stereocenters. The van der Waals surface area contributed by atoms with Gasteiger partial charge in [-0.2, -0.15) is 0 Å². The molecule has 1 fully saturated rings. The Balaban J connectivity index is 2.40. The van der Waals surface area contributed by atoms with Crippen LogP contribution in [0.4, 0.5) is 0 Å². The molecule has 1 aliphatic heterocycles. The van der Waals surface area contributed by atoms with Gasteiger partial charge in [-0.15, -0.1) is 0 Å². The monoisotopic (exact) mass is 291 g/mol. The smallest absolute Gasteiger partial charge is 0.251 e. The summed E-state index contributed by atoms with van der Waals surface area (Å²) in [6, 6.07) is 0. The van der Waals surface area contributed by atoms with Gasteiger partial charge in [0.15, 0.2) is 0 Å². The molecule has 0 bridgehead atoms. The molecule has 0 radical (unpaired) electrons. The Morgan fingerprint density at radius 1 is 1.56 bits per heavy atom. The second-order valence-electron chi connectivity index (χ2n) is 5.47. The van der Waals surface area contributed by atoms with Crippen molar-refractivity contribution in [2.45, 2.75) is 45.6 Å². The molecule has 3 nitrogen and oxygen atoms in total. The van der Waals surface area contributed by atoms with Gasteiger partial charge in [-0.05, 0) is 31.6 Å². The van der Waals surface area contributed by atoms with Crippen LogP contribution in [0.2, 0.25) is 0 Å². The average Bonchev–Trinajstić information content (AvgIpc) is 2.63. The van der Waals surface area contributed by atoms with Crippen molar-refractivity contribution in [2.75, 3.05) is 18.5 Å². The molecule has 0 aromatic carbocycles. The van der Waals surface area contributed by atoms with Crippen LogP contribution in [0, 0.1) is 5.41 Å². The van der Waals surface area contributed by atoms with Crippen molar-refractivity contribution in [1.82, 2.24) is 5.32 Å². The SMILES string of the molecule is CC(C)(CCBr)CNC(=O)C1(C)CCCO1. The fourth-order valence-electron chi connectivity index (χ4n) is 1.81. The molecule has 94 valence electrons. The van der Waals surface area contributed by atoms with Gasteiger partial charge in [0.05, 0.1) is 0 Å². The van der Waals surface area contributed by atoms with Crippen LogP contribution in [0.5, 0.6) is 0 Å². The maximum absolute atomic E-state index is 12.0. The van der Waals surface area contributed by atoms with Gasteiger partial charge < -0.3 is 10.1 Å². The molecule has 0 aromatic rings. The Kier molecular flexibility index (Phi) is 4.80. The molecule has 1 rings (SSSR count). The van der Waals surface area contributed by atoms with Crippen LogP contribution in [0.1, 0.15) is 40.0 Å². The maximum Gasteiger partial charge on any atom is 0.251 e. The molecule has 0 aromatic heterocycles. The molecule has 16 heavy (non-hydrogen) atoms. The summed E-state index contributed by atoms with van der Waals surface area (Å²) in [5.74, 6) is 0.0349. The zero-order valence-electron chi connectivity index (χ0n) is 10.4. The first-order valence-electron chi connectivity index (χ1n) is 5.88. The molecule has 0 saturated carbocycles. The first-order valence-corrected chi connectivity index (χ1v) is 7.00. The average molecular weight is 292 g/mol. The molecule has 1 aliphatic rings. The fourth-order valence-corrected chi connectivity index (χ4v) is 2.88. The van der Waals surface area contributed by atoms with Crippen molar-refractivity contribution in [3.63, 3.8) is 0 Å². The molecule has 1 atom stereocenters. The zero-order chi connectivity index (χ0) is 12.2. The summed E-state index contributed by atoms with van der Waals surface area (Å²) < 4.78 is 5.51. The lowest BCUT2D eigenvalue weighted by molar-refractivity contribution is -0.139. The summed E-state index contributed by atoms with van der Waals surface area (Å²) >= 11 is 3.43. The fraction of sp³-hybridized carbons (Fsp3) is 0.917. The largest absolute Gasteiger partial charge is 0.365 e. The van der Waals surface area contributed by atoms with E-state index in [1.807, 2.05) is 6.92 Å². The summed E-state index contributed by atoms with van der Waals surface area (Å²) in [6.07, 6.45) is 2.86. The van der Waals surface area contributed by atoms with Gasteiger partial charge in [0.25, 0.3) is 5.91 Å². The number of halogens is 1. The molecule has 1 saturated heterocycles. The number of alkyl halides is 1. The van der Waals surface area contributed by atoms with E-state index in [0.29, 0.717) is 13.2 Å². The van der Waals surface area contributed by atoms with Gasteiger partial charge in [0.2, 0.25) is 0 Å². The highest BCUT2D eigenvalue weighted by Gasteiger charge is 2.38. The minimum absolute atomic E-state index is 0.0349. The molecule has 4 heteroatoms. The van der Waals surface area contributed by atoms with E-state index in [-0.39, 0.29) is 11.3 Å². The van der Waals surface area contributed by atoms with Gasteiger partial charge in [-0.25, -0.2) is 0 Å². The van der Waals surface area contributed by atoms with E-state index in [2.05, 4.69) is 35.1 Å². The van der Waals surface area contributed by atoms with Gasteiger partial charge in [-0.3, -0.25) is 4.79 Å². The first kappa shape index (κ1) is 14.0. The van der Waals surface area contributed by atoms with Crippen molar-refractivity contribution < 1.29 is 9.53 Å². The van der Waals surface area contributed by atoms with E-state index in [9.17, 15) is 4.79 Å². The van der Waals surface area contributed by atoms with Crippen molar-refractivity contribution in [1.29, 1.82) is 0 Å². The lowest BCUT2D eigenvalue weighted by Gasteiger charge is -2.28. The topological polar surface area (TPSA) is 38.3 Å². The van der Waals surface area contributed by atoms with E-state index in [1.54, 1.807) is 0 Å². The van der Waals surface area contributed by atoms with E-state index < -0.39 is 5.60 Å². The van der Waals surface area contributed by atoms with E-state index in [0.717, 1.165) is 24.6 Å². The molecule has 1 heterocycles. The Hall–Kier alpha value is -0.0900. The molecular weight excluding hydrogens is 270 g/mol. The molecule has 1 amide bonds. The minimum atomic E-state index is -0.593. The van der Waals surface area contributed by atoms with Crippen molar-refractivity contribution in [3.8, 4) is 0 Å².